The van der Waals surface area contributed by atoms with Crippen LogP contribution in [0.1, 0.15) is 20.3 Å². The maximum atomic E-state index is 11.3. The van der Waals surface area contributed by atoms with Crippen molar-refractivity contribution in [1.82, 2.24) is 10.3 Å². The Bertz CT molecular complexity index is 179. The van der Waals surface area contributed by atoms with Gasteiger partial charge in [0.15, 0.2) is 0 Å². The zero-order valence-electron chi connectivity index (χ0n) is 8.79. The fourth-order valence-electron chi connectivity index (χ4n) is 1.00. The van der Waals surface area contributed by atoms with Crippen LogP contribution in [0.4, 0.5) is 0 Å². The number of carbonyl (C=O) groups is 1. The van der Waals surface area contributed by atoms with Crippen molar-refractivity contribution in [2.75, 3.05) is 14.1 Å². The van der Waals surface area contributed by atoms with Crippen molar-refractivity contribution in [2.45, 2.75) is 31.8 Å². The molecular formula is C8H20N4O. The average molecular weight is 188 g/mol. The van der Waals surface area contributed by atoms with Crippen LogP contribution < -0.4 is 16.9 Å². The summed E-state index contributed by atoms with van der Waals surface area (Å²) in [5, 5.41) is 4.10. The van der Waals surface area contributed by atoms with Crippen molar-refractivity contribution >= 4 is 5.91 Å². The lowest BCUT2D eigenvalue weighted by Crippen LogP contribution is -2.50. The molecule has 0 spiro atoms. The number of hydrogen-bond acceptors (Lipinski definition) is 4. The maximum absolute atomic E-state index is 11.3. The molecule has 13 heavy (non-hydrogen) atoms. The topological polar surface area (TPSA) is 84.4 Å². The monoisotopic (exact) mass is 188 g/mol. The molecule has 1 unspecified atom stereocenters. The second kappa shape index (κ2) is 4.55. The van der Waals surface area contributed by atoms with E-state index in [0.29, 0.717) is 6.42 Å². The minimum atomic E-state index is -0.544. The molecule has 0 aromatic heterocycles. The zero-order chi connectivity index (χ0) is 10.6. The van der Waals surface area contributed by atoms with Crippen molar-refractivity contribution in [3.05, 3.63) is 0 Å². The highest BCUT2D eigenvalue weighted by Gasteiger charge is 2.24. The number of hydrazine groups is 1. The Morgan fingerprint density at radius 1 is 1.62 bits per heavy atom. The smallest absolute Gasteiger partial charge is 0.253 e. The predicted octanol–water partition coefficient (Wildman–Crippen LogP) is -0.966. The third kappa shape index (κ3) is 4.21. The summed E-state index contributed by atoms with van der Waals surface area (Å²) in [5.41, 5.74) is 5.52. The molecule has 0 fully saturated rings. The van der Waals surface area contributed by atoms with Gasteiger partial charge < -0.3 is 11.1 Å². The molecule has 5 heteroatoms. The number of nitrogens with one attached hydrogen (secondary N) is 1. The highest BCUT2D eigenvalue weighted by molar-refractivity contribution is 5.80. The number of hydrogen-bond donors (Lipinski definition) is 3. The normalized spacial score (nSPS) is 14.0. The van der Waals surface area contributed by atoms with Crippen molar-refractivity contribution in [3.63, 3.8) is 0 Å². The molecule has 1 amide bonds. The van der Waals surface area contributed by atoms with Gasteiger partial charge >= 0.3 is 0 Å². The third-order valence-electron chi connectivity index (χ3n) is 2.07. The van der Waals surface area contributed by atoms with E-state index in [-0.39, 0.29) is 11.4 Å². The molecule has 0 aliphatic rings. The van der Waals surface area contributed by atoms with E-state index in [2.05, 4.69) is 5.32 Å². The molecule has 78 valence electrons. The molecule has 0 saturated heterocycles. The zero-order valence-corrected chi connectivity index (χ0v) is 8.79. The van der Waals surface area contributed by atoms with Gasteiger partial charge in [-0.2, -0.15) is 0 Å². The van der Waals surface area contributed by atoms with Gasteiger partial charge in [0.05, 0.1) is 6.04 Å². The minimum absolute atomic E-state index is 0.148. The van der Waals surface area contributed by atoms with Crippen LogP contribution >= 0.6 is 0 Å². The first kappa shape index (κ1) is 12.3. The number of carbonyl (C=O) groups excluding carboxylic acids is 1. The van der Waals surface area contributed by atoms with Gasteiger partial charge in [0.25, 0.3) is 5.91 Å². The molecule has 5 N–H and O–H groups in total. The lowest BCUT2D eigenvalue weighted by atomic mass is 9.95. The van der Waals surface area contributed by atoms with Gasteiger partial charge in [-0.25, -0.2) is 5.84 Å². The van der Waals surface area contributed by atoms with E-state index in [1.165, 1.54) is 7.05 Å². The van der Waals surface area contributed by atoms with E-state index >= 15 is 0 Å². The highest BCUT2D eigenvalue weighted by atomic mass is 16.2. The second-order valence-corrected chi connectivity index (χ2v) is 3.89. The summed E-state index contributed by atoms with van der Waals surface area (Å²) >= 11 is 0. The van der Waals surface area contributed by atoms with Crippen molar-refractivity contribution < 1.29 is 4.79 Å². The summed E-state index contributed by atoms with van der Waals surface area (Å²) in [6.45, 7) is 3.97. The fourth-order valence-corrected chi connectivity index (χ4v) is 1.00. The molecular weight excluding hydrogens is 168 g/mol. The number of nitrogens with two attached hydrogens (primary N) is 2. The van der Waals surface area contributed by atoms with Crippen LogP contribution in [0.5, 0.6) is 0 Å². The predicted molar refractivity (Wildman–Crippen MR) is 52.7 cm³/mol. The van der Waals surface area contributed by atoms with Crippen LogP contribution in [0.15, 0.2) is 0 Å². The molecule has 5 nitrogen and oxygen atoms in total. The second-order valence-electron chi connectivity index (χ2n) is 3.89. The van der Waals surface area contributed by atoms with Crippen molar-refractivity contribution in [1.29, 1.82) is 0 Å². The Balaban J connectivity index is 4.15. The van der Waals surface area contributed by atoms with E-state index in [9.17, 15) is 4.79 Å². The van der Waals surface area contributed by atoms with Gasteiger partial charge in [0.1, 0.15) is 0 Å². The maximum Gasteiger partial charge on any atom is 0.253 e. The van der Waals surface area contributed by atoms with Crippen LogP contribution in [0, 0.1) is 0 Å². The van der Waals surface area contributed by atoms with E-state index in [0.717, 1.165) is 5.01 Å². The molecule has 0 aliphatic heterocycles. The molecule has 1 atom stereocenters. The van der Waals surface area contributed by atoms with Gasteiger partial charge in [-0.3, -0.25) is 9.80 Å². The van der Waals surface area contributed by atoms with Gasteiger partial charge in [-0.1, -0.05) is 0 Å². The van der Waals surface area contributed by atoms with E-state index in [1.54, 1.807) is 0 Å². The van der Waals surface area contributed by atoms with Crippen LogP contribution in [-0.4, -0.2) is 36.6 Å². The summed E-state index contributed by atoms with van der Waals surface area (Å²) in [7, 11) is 3.33. The Labute approximate surface area is 79.4 Å². The molecule has 0 aromatic rings. The standard InChI is InChI=1S/C8H20N4O/c1-8(2,11-3)5-6(9)7(13)12(4)10/h6,11H,5,9-10H2,1-4H3. The van der Waals surface area contributed by atoms with Crippen molar-refractivity contribution in [3.8, 4) is 0 Å². The van der Waals surface area contributed by atoms with Gasteiger partial charge in [0, 0.05) is 12.6 Å². The van der Waals surface area contributed by atoms with E-state index < -0.39 is 6.04 Å². The van der Waals surface area contributed by atoms with Crippen LogP contribution in [0.25, 0.3) is 0 Å². The highest BCUT2D eigenvalue weighted by Crippen LogP contribution is 2.09. The molecule has 0 aliphatic carbocycles. The largest absolute Gasteiger partial charge is 0.320 e. The summed E-state index contributed by atoms with van der Waals surface area (Å²) in [4.78, 5) is 11.3. The molecule has 0 radical (unpaired) electrons. The Morgan fingerprint density at radius 3 is 2.38 bits per heavy atom. The Morgan fingerprint density at radius 2 is 2.08 bits per heavy atom. The number of rotatable bonds is 4. The fraction of sp³-hybridized carbons (Fsp3) is 0.875. The average Bonchev–Trinajstić information content (AvgIpc) is 2.02. The Kier molecular flexibility index (Phi) is 4.32. The van der Waals surface area contributed by atoms with Crippen LogP contribution in [0.3, 0.4) is 0 Å². The SMILES string of the molecule is CNC(C)(C)CC(N)C(=O)N(C)N. The summed E-state index contributed by atoms with van der Waals surface area (Å²) in [6.07, 6.45) is 0.559. The quantitative estimate of drug-likeness (QED) is 0.301. The van der Waals surface area contributed by atoms with Gasteiger partial charge in [0.2, 0.25) is 0 Å². The summed E-state index contributed by atoms with van der Waals surface area (Å²) < 4.78 is 0. The summed E-state index contributed by atoms with van der Waals surface area (Å²) in [5.74, 6) is 5.03. The van der Waals surface area contributed by atoms with Crippen LogP contribution in [-0.2, 0) is 4.79 Å². The molecule has 0 heterocycles. The summed E-state index contributed by atoms with van der Waals surface area (Å²) in [6, 6.07) is -0.544. The first-order valence-electron chi connectivity index (χ1n) is 4.27. The molecule has 0 rings (SSSR count). The molecule has 0 aromatic carbocycles. The van der Waals surface area contributed by atoms with E-state index in [4.69, 9.17) is 11.6 Å². The first-order chi connectivity index (χ1) is 5.80. The van der Waals surface area contributed by atoms with E-state index in [1.807, 2.05) is 20.9 Å². The third-order valence-corrected chi connectivity index (χ3v) is 2.07. The van der Waals surface area contributed by atoms with Gasteiger partial charge in [-0.15, -0.1) is 0 Å². The minimum Gasteiger partial charge on any atom is -0.320 e. The van der Waals surface area contributed by atoms with Crippen LogP contribution in [0.2, 0.25) is 0 Å². The molecule has 0 saturated carbocycles. The van der Waals surface area contributed by atoms with Crippen molar-refractivity contribution in [2.24, 2.45) is 11.6 Å². The number of nitrogens with zero attached hydrogens (tertiary/aromatic N) is 1. The lowest BCUT2D eigenvalue weighted by Gasteiger charge is -2.27. The first-order valence-corrected chi connectivity index (χ1v) is 4.27. The Hall–Kier alpha value is -0.650. The molecule has 0 bridgehead atoms. The van der Waals surface area contributed by atoms with Gasteiger partial charge in [-0.05, 0) is 27.3 Å². The lowest BCUT2D eigenvalue weighted by molar-refractivity contribution is -0.132. The number of amides is 1. The number of likely N-dealkylation sites (N-methyl/N-ethyl adjacent to an activating group) is 1.